The first-order valence-corrected chi connectivity index (χ1v) is 10.8. The van der Waals surface area contributed by atoms with Gasteiger partial charge >= 0.3 is 0 Å². The van der Waals surface area contributed by atoms with Crippen molar-refractivity contribution in [1.82, 2.24) is 20.5 Å². The molecule has 0 radical (unpaired) electrons. The standard InChI is InChI=1S/C21H31N5OS/c1-4-22-21(24-14-16-9-10-19(27-3)23-13-16)25-15-17-7-5-11-26(2)20(17)18-8-6-12-28-18/h6,8-10,12-13,17,20H,4-5,7,11,14-15H2,1-3H3,(H2,22,24,25). The lowest BCUT2D eigenvalue weighted by atomic mass is 9.88. The van der Waals surface area contributed by atoms with Gasteiger partial charge in [-0.3, -0.25) is 4.90 Å². The highest BCUT2D eigenvalue weighted by Crippen LogP contribution is 2.36. The van der Waals surface area contributed by atoms with Crippen LogP contribution in [0, 0.1) is 5.92 Å². The second-order valence-electron chi connectivity index (χ2n) is 7.13. The van der Waals surface area contributed by atoms with E-state index in [1.807, 2.05) is 29.7 Å². The van der Waals surface area contributed by atoms with Crippen molar-refractivity contribution < 1.29 is 4.74 Å². The lowest BCUT2D eigenvalue weighted by Crippen LogP contribution is -2.44. The Balaban J connectivity index is 1.62. The zero-order chi connectivity index (χ0) is 19.8. The van der Waals surface area contributed by atoms with Gasteiger partial charge in [0.1, 0.15) is 0 Å². The molecule has 28 heavy (non-hydrogen) atoms. The summed E-state index contributed by atoms with van der Waals surface area (Å²) in [6.07, 6.45) is 4.30. The molecule has 2 aromatic rings. The van der Waals surface area contributed by atoms with E-state index >= 15 is 0 Å². The molecule has 0 aliphatic carbocycles. The molecule has 2 N–H and O–H groups in total. The number of aromatic nitrogens is 1. The van der Waals surface area contributed by atoms with Crippen molar-refractivity contribution >= 4 is 17.3 Å². The molecular formula is C21H31N5OS. The molecular weight excluding hydrogens is 370 g/mol. The van der Waals surface area contributed by atoms with Crippen LogP contribution in [0.5, 0.6) is 5.88 Å². The molecule has 152 valence electrons. The number of methoxy groups -OCH3 is 1. The maximum atomic E-state index is 5.11. The third-order valence-electron chi connectivity index (χ3n) is 5.14. The van der Waals surface area contributed by atoms with Crippen molar-refractivity contribution in [2.24, 2.45) is 10.9 Å². The number of thiophene rings is 1. The van der Waals surface area contributed by atoms with Crippen molar-refractivity contribution in [2.45, 2.75) is 32.4 Å². The SMILES string of the molecule is CCNC(=NCc1ccc(OC)nc1)NCC1CCCN(C)C1c1cccs1. The average molecular weight is 402 g/mol. The van der Waals surface area contributed by atoms with E-state index < -0.39 is 0 Å². The van der Waals surface area contributed by atoms with Crippen LogP contribution in [0.2, 0.25) is 0 Å². The number of hydrogen-bond acceptors (Lipinski definition) is 5. The molecule has 3 rings (SSSR count). The lowest BCUT2D eigenvalue weighted by molar-refractivity contribution is 0.125. The third kappa shape index (κ3) is 5.45. The lowest BCUT2D eigenvalue weighted by Gasteiger charge is -2.39. The maximum Gasteiger partial charge on any atom is 0.212 e. The summed E-state index contributed by atoms with van der Waals surface area (Å²) in [4.78, 5) is 12.9. The molecule has 0 amide bonds. The van der Waals surface area contributed by atoms with Gasteiger partial charge in [-0.05, 0) is 56.3 Å². The molecule has 6 nitrogen and oxygen atoms in total. The Bertz CT molecular complexity index is 732. The Morgan fingerprint density at radius 2 is 2.25 bits per heavy atom. The number of aliphatic imine (C=N–C) groups is 1. The van der Waals surface area contributed by atoms with Gasteiger partial charge in [-0.1, -0.05) is 12.1 Å². The summed E-state index contributed by atoms with van der Waals surface area (Å²) in [6, 6.07) is 8.77. The Morgan fingerprint density at radius 1 is 1.36 bits per heavy atom. The van der Waals surface area contributed by atoms with Crippen LogP contribution in [0.1, 0.15) is 36.2 Å². The largest absolute Gasteiger partial charge is 0.481 e. The Hall–Kier alpha value is -2.12. The molecule has 0 bridgehead atoms. The molecule has 0 aromatic carbocycles. The van der Waals surface area contributed by atoms with Gasteiger partial charge < -0.3 is 15.4 Å². The molecule has 1 aliphatic heterocycles. The van der Waals surface area contributed by atoms with Crippen LogP contribution in [-0.4, -0.2) is 49.6 Å². The number of nitrogens with one attached hydrogen (secondary N) is 2. The summed E-state index contributed by atoms with van der Waals surface area (Å²) in [7, 11) is 3.87. The smallest absolute Gasteiger partial charge is 0.212 e. The van der Waals surface area contributed by atoms with Gasteiger partial charge in [0.25, 0.3) is 0 Å². The van der Waals surface area contributed by atoms with E-state index in [0.29, 0.717) is 24.4 Å². The summed E-state index contributed by atoms with van der Waals surface area (Å²) < 4.78 is 5.11. The molecule has 2 atom stereocenters. The van der Waals surface area contributed by atoms with Gasteiger partial charge in [-0.25, -0.2) is 9.98 Å². The van der Waals surface area contributed by atoms with Crippen LogP contribution in [0.3, 0.4) is 0 Å². The molecule has 1 fully saturated rings. The van der Waals surface area contributed by atoms with Gasteiger partial charge in [0.2, 0.25) is 5.88 Å². The van der Waals surface area contributed by atoms with Crippen LogP contribution in [0.4, 0.5) is 0 Å². The highest BCUT2D eigenvalue weighted by Gasteiger charge is 2.31. The van der Waals surface area contributed by atoms with Gasteiger partial charge in [0.05, 0.1) is 13.7 Å². The summed E-state index contributed by atoms with van der Waals surface area (Å²) in [6.45, 7) is 5.60. The first-order chi connectivity index (χ1) is 13.7. The Kier molecular flexibility index (Phi) is 7.68. The van der Waals surface area contributed by atoms with Crippen molar-refractivity contribution in [3.63, 3.8) is 0 Å². The molecule has 1 aliphatic rings. The maximum absolute atomic E-state index is 5.11. The average Bonchev–Trinajstić information content (AvgIpc) is 3.24. The summed E-state index contributed by atoms with van der Waals surface area (Å²) in [5.74, 6) is 2.05. The van der Waals surface area contributed by atoms with E-state index in [4.69, 9.17) is 9.73 Å². The predicted octanol–water partition coefficient (Wildman–Crippen LogP) is 3.29. The fraction of sp³-hybridized carbons (Fsp3) is 0.524. The summed E-state index contributed by atoms with van der Waals surface area (Å²) in [5, 5.41) is 9.10. The minimum Gasteiger partial charge on any atom is -0.481 e. The Labute approximate surface area is 172 Å². The topological polar surface area (TPSA) is 61.8 Å². The molecule has 7 heteroatoms. The predicted molar refractivity (Wildman–Crippen MR) is 116 cm³/mol. The molecule has 2 aromatic heterocycles. The summed E-state index contributed by atoms with van der Waals surface area (Å²) >= 11 is 1.86. The van der Waals surface area contributed by atoms with Gasteiger partial charge in [-0.2, -0.15) is 0 Å². The highest BCUT2D eigenvalue weighted by molar-refractivity contribution is 7.10. The van der Waals surface area contributed by atoms with Gasteiger partial charge in [0.15, 0.2) is 5.96 Å². The van der Waals surface area contributed by atoms with Crippen LogP contribution in [-0.2, 0) is 6.54 Å². The second kappa shape index (κ2) is 10.4. The number of rotatable bonds is 7. The van der Waals surface area contributed by atoms with Gasteiger partial charge in [0, 0.05) is 36.3 Å². The fourth-order valence-corrected chi connectivity index (χ4v) is 4.73. The monoisotopic (exact) mass is 401 g/mol. The van der Waals surface area contributed by atoms with Crippen molar-refractivity contribution in [3.05, 3.63) is 46.3 Å². The van der Waals surface area contributed by atoms with Crippen LogP contribution in [0.15, 0.2) is 40.8 Å². The van der Waals surface area contributed by atoms with E-state index in [0.717, 1.165) is 31.2 Å². The van der Waals surface area contributed by atoms with Crippen molar-refractivity contribution in [1.29, 1.82) is 0 Å². The number of nitrogens with zero attached hydrogens (tertiary/aromatic N) is 3. The zero-order valence-electron chi connectivity index (χ0n) is 17.0. The van der Waals surface area contributed by atoms with Crippen molar-refractivity contribution in [3.8, 4) is 5.88 Å². The van der Waals surface area contributed by atoms with Crippen LogP contribution < -0.4 is 15.4 Å². The van der Waals surface area contributed by atoms with E-state index in [-0.39, 0.29) is 0 Å². The van der Waals surface area contributed by atoms with E-state index in [1.165, 1.54) is 17.7 Å². The molecule has 0 saturated carbocycles. The molecule has 2 unspecified atom stereocenters. The fourth-order valence-electron chi connectivity index (χ4n) is 3.75. The second-order valence-corrected chi connectivity index (χ2v) is 8.11. The molecule has 3 heterocycles. The molecule has 0 spiro atoms. The Morgan fingerprint density at radius 3 is 2.93 bits per heavy atom. The number of likely N-dealkylation sites (tertiary alicyclic amines) is 1. The first kappa shape index (κ1) is 20.6. The highest BCUT2D eigenvalue weighted by atomic mass is 32.1. The van der Waals surface area contributed by atoms with Crippen LogP contribution in [0.25, 0.3) is 0 Å². The minimum atomic E-state index is 0.481. The van der Waals surface area contributed by atoms with E-state index in [2.05, 4.69) is 52.0 Å². The normalized spacial score (nSPS) is 20.8. The van der Waals surface area contributed by atoms with Gasteiger partial charge in [-0.15, -0.1) is 11.3 Å². The number of guanidine groups is 1. The third-order valence-corrected chi connectivity index (χ3v) is 6.09. The number of hydrogen-bond donors (Lipinski definition) is 2. The minimum absolute atomic E-state index is 0.481. The first-order valence-electron chi connectivity index (χ1n) is 9.96. The summed E-state index contributed by atoms with van der Waals surface area (Å²) in [5.41, 5.74) is 1.06. The number of pyridine rings is 1. The van der Waals surface area contributed by atoms with Crippen LogP contribution >= 0.6 is 11.3 Å². The van der Waals surface area contributed by atoms with E-state index in [1.54, 1.807) is 7.11 Å². The van der Waals surface area contributed by atoms with Crippen molar-refractivity contribution in [2.75, 3.05) is 33.8 Å². The number of ether oxygens (including phenoxy) is 1. The molecule has 1 saturated heterocycles. The number of piperidine rings is 1. The quantitative estimate of drug-likeness (QED) is 0.551. The van der Waals surface area contributed by atoms with E-state index in [9.17, 15) is 0 Å². The zero-order valence-corrected chi connectivity index (χ0v) is 17.8.